The van der Waals surface area contributed by atoms with Crippen LogP contribution in [0.4, 0.5) is 0 Å². The Morgan fingerprint density at radius 1 is 1.32 bits per heavy atom. The number of rotatable bonds is 7. The van der Waals surface area contributed by atoms with Crippen LogP contribution in [0.2, 0.25) is 0 Å². The third-order valence-corrected chi connectivity index (χ3v) is 4.69. The molecule has 1 aromatic heterocycles. The molecule has 0 bridgehead atoms. The van der Waals surface area contributed by atoms with Crippen molar-refractivity contribution in [3.05, 3.63) is 40.4 Å². The van der Waals surface area contributed by atoms with Gasteiger partial charge < -0.3 is 10.3 Å². The maximum Gasteiger partial charge on any atom is 0.258 e. The number of hydrogen-bond donors (Lipinski definition) is 2. The van der Waals surface area contributed by atoms with Gasteiger partial charge in [-0.3, -0.25) is 14.5 Å². The zero-order valence-electron chi connectivity index (χ0n) is 15.7. The summed E-state index contributed by atoms with van der Waals surface area (Å²) in [4.78, 5) is 34.1. The lowest BCUT2D eigenvalue weighted by molar-refractivity contribution is -0.127. The highest BCUT2D eigenvalue weighted by molar-refractivity contribution is 5.82. The minimum atomic E-state index is -0.312. The zero-order valence-corrected chi connectivity index (χ0v) is 15.7. The fourth-order valence-electron chi connectivity index (χ4n) is 2.62. The van der Waals surface area contributed by atoms with Gasteiger partial charge in [-0.1, -0.05) is 26.0 Å². The SMILES string of the molecule is CCN(Cc1nc2ccccc2c(=O)[nH]1)C(C)C(=O)NC(C)(C)CC. The molecule has 136 valence electrons. The number of fused-ring (bicyclic) bond motifs is 1. The molecule has 0 aliphatic carbocycles. The third-order valence-electron chi connectivity index (χ3n) is 4.69. The number of benzene rings is 1. The van der Waals surface area contributed by atoms with Gasteiger partial charge in [0.25, 0.3) is 5.56 Å². The molecule has 6 heteroatoms. The topological polar surface area (TPSA) is 78.1 Å². The largest absolute Gasteiger partial charge is 0.350 e. The molecule has 2 rings (SSSR count). The van der Waals surface area contributed by atoms with Gasteiger partial charge in [0.15, 0.2) is 0 Å². The van der Waals surface area contributed by atoms with Crippen LogP contribution >= 0.6 is 0 Å². The van der Waals surface area contributed by atoms with E-state index in [1.165, 1.54) is 0 Å². The fourth-order valence-corrected chi connectivity index (χ4v) is 2.62. The lowest BCUT2D eigenvalue weighted by Gasteiger charge is -2.31. The molecule has 1 unspecified atom stereocenters. The van der Waals surface area contributed by atoms with E-state index < -0.39 is 0 Å². The van der Waals surface area contributed by atoms with E-state index in [0.29, 0.717) is 29.8 Å². The molecule has 0 saturated carbocycles. The van der Waals surface area contributed by atoms with Crippen molar-refractivity contribution < 1.29 is 4.79 Å². The average molecular weight is 344 g/mol. The van der Waals surface area contributed by atoms with E-state index in [0.717, 1.165) is 6.42 Å². The molecule has 0 saturated heterocycles. The normalized spacial score (nSPS) is 13.2. The van der Waals surface area contributed by atoms with Crippen molar-refractivity contribution in [3.8, 4) is 0 Å². The van der Waals surface area contributed by atoms with Gasteiger partial charge in [0.05, 0.1) is 23.5 Å². The van der Waals surface area contributed by atoms with Crippen molar-refractivity contribution >= 4 is 16.8 Å². The minimum absolute atomic E-state index is 0.0168. The Labute approximate surface area is 148 Å². The number of carbonyl (C=O) groups is 1. The van der Waals surface area contributed by atoms with Crippen LogP contribution in [0.3, 0.4) is 0 Å². The Morgan fingerprint density at radius 3 is 2.64 bits per heavy atom. The van der Waals surface area contributed by atoms with Gasteiger partial charge in [-0.2, -0.15) is 0 Å². The van der Waals surface area contributed by atoms with E-state index in [2.05, 4.69) is 15.3 Å². The number of likely N-dealkylation sites (N-methyl/N-ethyl adjacent to an activating group) is 1. The molecule has 25 heavy (non-hydrogen) atoms. The van der Waals surface area contributed by atoms with Crippen molar-refractivity contribution in [2.45, 2.75) is 59.2 Å². The summed E-state index contributed by atoms with van der Waals surface area (Å²) in [6, 6.07) is 6.95. The Bertz CT molecular complexity index is 797. The van der Waals surface area contributed by atoms with E-state index in [1.807, 2.05) is 57.7 Å². The highest BCUT2D eigenvalue weighted by atomic mass is 16.2. The molecule has 0 aliphatic heterocycles. The number of aromatic amines is 1. The number of aromatic nitrogens is 2. The molecule has 2 N–H and O–H groups in total. The molecule has 0 spiro atoms. The molecule has 0 fully saturated rings. The maximum atomic E-state index is 12.5. The van der Waals surface area contributed by atoms with Crippen molar-refractivity contribution in [3.63, 3.8) is 0 Å². The summed E-state index contributed by atoms with van der Waals surface area (Å²) in [7, 11) is 0. The number of hydrogen-bond acceptors (Lipinski definition) is 4. The van der Waals surface area contributed by atoms with Crippen LogP contribution in [0.25, 0.3) is 10.9 Å². The van der Waals surface area contributed by atoms with Crippen LogP contribution in [0, 0.1) is 0 Å². The first-order valence-corrected chi connectivity index (χ1v) is 8.81. The predicted molar refractivity (Wildman–Crippen MR) is 100 cm³/mol. The zero-order chi connectivity index (χ0) is 18.6. The second-order valence-electron chi connectivity index (χ2n) is 7.00. The number of H-pyrrole nitrogens is 1. The third kappa shape index (κ3) is 4.66. The molecular weight excluding hydrogens is 316 g/mol. The maximum absolute atomic E-state index is 12.5. The fraction of sp³-hybridized carbons (Fsp3) is 0.526. The van der Waals surface area contributed by atoms with Crippen molar-refractivity contribution in [1.29, 1.82) is 0 Å². The lowest BCUT2D eigenvalue weighted by atomic mass is 10.0. The highest BCUT2D eigenvalue weighted by Crippen LogP contribution is 2.11. The highest BCUT2D eigenvalue weighted by Gasteiger charge is 2.25. The van der Waals surface area contributed by atoms with Gasteiger partial charge in [0.2, 0.25) is 5.91 Å². The second kappa shape index (κ2) is 7.78. The van der Waals surface area contributed by atoms with Crippen LogP contribution in [-0.2, 0) is 11.3 Å². The first-order valence-electron chi connectivity index (χ1n) is 8.81. The van der Waals surface area contributed by atoms with Gasteiger partial charge in [0, 0.05) is 5.54 Å². The number of amides is 1. The summed E-state index contributed by atoms with van der Waals surface area (Å²) in [6.07, 6.45) is 0.858. The molecule has 1 amide bonds. The average Bonchev–Trinajstić information content (AvgIpc) is 2.58. The summed E-state index contributed by atoms with van der Waals surface area (Å²) in [5.41, 5.74) is 0.280. The van der Waals surface area contributed by atoms with E-state index in [9.17, 15) is 9.59 Å². The monoisotopic (exact) mass is 344 g/mol. The van der Waals surface area contributed by atoms with Gasteiger partial charge in [-0.05, 0) is 45.9 Å². The van der Waals surface area contributed by atoms with Crippen LogP contribution in [-0.4, -0.2) is 38.9 Å². The van der Waals surface area contributed by atoms with Gasteiger partial charge in [-0.15, -0.1) is 0 Å². The number of nitrogens with one attached hydrogen (secondary N) is 2. The number of para-hydroxylation sites is 1. The molecule has 0 radical (unpaired) electrons. The summed E-state index contributed by atoms with van der Waals surface area (Å²) < 4.78 is 0. The van der Waals surface area contributed by atoms with Crippen LogP contribution < -0.4 is 10.9 Å². The Morgan fingerprint density at radius 2 is 2.00 bits per heavy atom. The summed E-state index contributed by atoms with van der Waals surface area (Å²) in [5, 5.41) is 3.65. The first kappa shape index (κ1) is 19.1. The molecule has 0 aliphatic rings. The summed E-state index contributed by atoms with van der Waals surface area (Å²) in [6.45, 7) is 11.0. The van der Waals surface area contributed by atoms with Crippen molar-refractivity contribution in [2.75, 3.05) is 6.54 Å². The van der Waals surface area contributed by atoms with E-state index in [-0.39, 0.29) is 23.0 Å². The van der Waals surface area contributed by atoms with Crippen molar-refractivity contribution in [2.24, 2.45) is 0 Å². The van der Waals surface area contributed by atoms with E-state index >= 15 is 0 Å². The summed E-state index contributed by atoms with van der Waals surface area (Å²) >= 11 is 0. The first-order chi connectivity index (χ1) is 11.8. The smallest absolute Gasteiger partial charge is 0.258 e. The molecular formula is C19H28N4O2. The summed E-state index contributed by atoms with van der Waals surface area (Å²) in [5.74, 6) is 0.553. The van der Waals surface area contributed by atoms with Gasteiger partial charge in [-0.25, -0.2) is 4.98 Å². The van der Waals surface area contributed by atoms with Gasteiger partial charge in [0.1, 0.15) is 5.82 Å². The van der Waals surface area contributed by atoms with E-state index in [4.69, 9.17) is 0 Å². The Kier molecular flexibility index (Phi) is 5.95. The lowest BCUT2D eigenvalue weighted by Crippen LogP contribution is -2.51. The number of carbonyl (C=O) groups excluding carboxylic acids is 1. The minimum Gasteiger partial charge on any atom is -0.350 e. The molecule has 6 nitrogen and oxygen atoms in total. The standard InChI is InChI=1S/C19H28N4O2/c1-6-19(4,5)22-17(24)13(3)23(7-2)12-16-20-15-11-9-8-10-14(15)18(25)21-16/h8-11,13H,6-7,12H2,1-5H3,(H,22,24)(H,20,21,25). The Balaban J connectivity index is 2.19. The van der Waals surface area contributed by atoms with Crippen LogP contribution in [0.15, 0.2) is 29.1 Å². The Hall–Kier alpha value is -2.21. The molecule has 2 aromatic rings. The quantitative estimate of drug-likeness (QED) is 0.809. The van der Waals surface area contributed by atoms with E-state index in [1.54, 1.807) is 6.07 Å². The molecule has 1 heterocycles. The van der Waals surface area contributed by atoms with Crippen molar-refractivity contribution in [1.82, 2.24) is 20.2 Å². The van der Waals surface area contributed by atoms with Crippen LogP contribution in [0.5, 0.6) is 0 Å². The van der Waals surface area contributed by atoms with Crippen LogP contribution in [0.1, 0.15) is 46.9 Å². The molecule has 1 aromatic carbocycles. The number of nitrogens with zero attached hydrogens (tertiary/aromatic N) is 2. The molecule has 1 atom stereocenters. The van der Waals surface area contributed by atoms with Gasteiger partial charge >= 0.3 is 0 Å². The second-order valence-corrected chi connectivity index (χ2v) is 7.00. The predicted octanol–water partition coefficient (Wildman–Crippen LogP) is 2.44.